The number of ether oxygens (including phenoxy) is 1. The molecule has 3 aromatic rings. The third-order valence-electron chi connectivity index (χ3n) is 5.99. The van der Waals surface area contributed by atoms with Gasteiger partial charge in [-0.3, -0.25) is 9.78 Å². The number of ketones is 1. The fraction of sp³-hybridized carbons (Fsp3) is 0.375. The minimum absolute atomic E-state index is 0.0606. The Balaban J connectivity index is 2.11. The number of sulfonamides is 1. The second kappa shape index (κ2) is 9.44. The second-order valence-corrected chi connectivity index (χ2v) is 9.83. The van der Waals surface area contributed by atoms with Gasteiger partial charge in [-0.05, 0) is 44.9 Å². The number of nitrogens with zero attached hydrogens (tertiary/aromatic N) is 3. The van der Waals surface area contributed by atoms with Crippen LogP contribution in [0.4, 0.5) is 0 Å². The van der Waals surface area contributed by atoms with Crippen molar-refractivity contribution in [2.75, 3.05) is 13.7 Å². The first-order valence-electron chi connectivity index (χ1n) is 10.7. The lowest BCUT2D eigenvalue weighted by Gasteiger charge is -2.27. The zero-order chi connectivity index (χ0) is 24.5. The maximum atomic E-state index is 13.8. The molecule has 3 rings (SSSR count). The number of carbonyl (C=O) groups is 2. The van der Waals surface area contributed by atoms with Crippen molar-refractivity contribution < 1.29 is 22.7 Å². The van der Waals surface area contributed by atoms with Gasteiger partial charge in [0.15, 0.2) is 5.78 Å². The van der Waals surface area contributed by atoms with Gasteiger partial charge in [-0.2, -0.15) is 4.31 Å². The Bertz CT molecular complexity index is 1320. The Labute approximate surface area is 194 Å². The van der Waals surface area contributed by atoms with Gasteiger partial charge >= 0.3 is 5.97 Å². The minimum Gasteiger partial charge on any atom is -0.464 e. The molecule has 0 aliphatic rings. The molecule has 2 aromatic heterocycles. The molecular formula is C24H29N3O5S. The van der Waals surface area contributed by atoms with E-state index in [-0.39, 0.29) is 22.9 Å². The molecular weight excluding hydrogens is 442 g/mol. The van der Waals surface area contributed by atoms with Crippen molar-refractivity contribution >= 4 is 32.7 Å². The number of Topliss-reactive ketones (excluding diaryl/α,β-unsaturated/α-hetero) is 1. The molecule has 0 aliphatic heterocycles. The first-order chi connectivity index (χ1) is 15.6. The average Bonchev–Trinajstić information content (AvgIpc) is 3.03. The van der Waals surface area contributed by atoms with Gasteiger partial charge in [0.2, 0.25) is 10.0 Å². The number of esters is 1. The number of carbonyl (C=O) groups excluding carboxylic acids is 2. The number of methoxy groups -OCH3 is 1. The van der Waals surface area contributed by atoms with Crippen LogP contribution in [0.5, 0.6) is 0 Å². The van der Waals surface area contributed by atoms with E-state index in [2.05, 4.69) is 4.98 Å². The molecule has 9 heteroatoms. The highest BCUT2D eigenvalue weighted by atomic mass is 32.2. The highest BCUT2D eigenvalue weighted by Gasteiger charge is 2.36. The Morgan fingerprint density at radius 2 is 1.85 bits per heavy atom. The summed E-state index contributed by atoms with van der Waals surface area (Å²) in [6.07, 6.45) is 2.07. The van der Waals surface area contributed by atoms with E-state index < -0.39 is 22.0 Å². The summed E-state index contributed by atoms with van der Waals surface area (Å²) < 4.78 is 35.2. The molecule has 0 amide bonds. The first-order valence-corrected chi connectivity index (χ1v) is 12.2. The molecule has 0 bridgehead atoms. The molecule has 0 aliphatic carbocycles. The summed E-state index contributed by atoms with van der Waals surface area (Å²) >= 11 is 0. The molecule has 8 nitrogen and oxygen atoms in total. The Morgan fingerprint density at radius 1 is 1.18 bits per heavy atom. The maximum Gasteiger partial charge on any atom is 0.354 e. The van der Waals surface area contributed by atoms with E-state index in [4.69, 9.17) is 4.74 Å². The predicted molar refractivity (Wildman–Crippen MR) is 126 cm³/mol. The van der Waals surface area contributed by atoms with Crippen LogP contribution in [0.1, 0.15) is 52.4 Å². The van der Waals surface area contributed by atoms with Crippen LogP contribution in [0.2, 0.25) is 0 Å². The van der Waals surface area contributed by atoms with Crippen LogP contribution in [0, 0.1) is 13.8 Å². The SMILES string of the molecule is CCCN(C(C)C(=O)c1c(C)c(C(=O)OC)n(C)c1C)S(=O)(=O)c1cccc2cccnc12. The lowest BCUT2D eigenvalue weighted by Crippen LogP contribution is -2.44. The van der Waals surface area contributed by atoms with Gasteiger partial charge < -0.3 is 9.30 Å². The minimum atomic E-state index is -4.04. The Kier molecular flexibility index (Phi) is 7.04. The average molecular weight is 472 g/mol. The summed E-state index contributed by atoms with van der Waals surface area (Å²) in [5.74, 6) is -0.925. The monoisotopic (exact) mass is 471 g/mol. The third-order valence-corrected chi connectivity index (χ3v) is 7.99. The van der Waals surface area contributed by atoms with Gasteiger partial charge in [-0.1, -0.05) is 25.1 Å². The summed E-state index contributed by atoms with van der Waals surface area (Å²) in [7, 11) is -1.08. The summed E-state index contributed by atoms with van der Waals surface area (Å²) in [5, 5.41) is 0.700. The van der Waals surface area contributed by atoms with E-state index in [1.807, 2.05) is 6.92 Å². The molecule has 0 saturated heterocycles. The fourth-order valence-corrected chi connectivity index (χ4v) is 6.07. The van der Waals surface area contributed by atoms with E-state index in [0.717, 1.165) is 0 Å². The second-order valence-electron chi connectivity index (χ2n) is 7.97. The maximum absolute atomic E-state index is 13.8. The van der Waals surface area contributed by atoms with Gasteiger partial charge in [0, 0.05) is 36.4 Å². The van der Waals surface area contributed by atoms with Crippen molar-refractivity contribution in [1.82, 2.24) is 13.9 Å². The largest absolute Gasteiger partial charge is 0.464 e. The fourth-order valence-electron chi connectivity index (χ4n) is 4.22. The standard InChI is InChI=1S/C24H29N3O5S/c1-7-14-27(33(30,31)19-12-8-10-18-11-9-13-25-21(18)19)17(4)23(28)20-15(2)22(24(29)32-6)26(5)16(20)3/h8-13,17H,7,14H2,1-6H3. The number of aromatic nitrogens is 2. The van der Waals surface area contributed by atoms with E-state index in [9.17, 15) is 18.0 Å². The number of hydrogen-bond acceptors (Lipinski definition) is 6. The first kappa shape index (κ1) is 24.6. The van der Waals surface area contributed by atoms with Gasteiger partial charge in [-0.15, -0.1) is 0 Å². The van der Waals surface area contributed by atoms with E-state index in [1.54, 1.807) is 62.8 Å². The van der Waals surface area contributed by atoms with Gasteiger partial charge in [0.25, 0.3) is 0 Å². The number of hydrogen-bond donors (Lipinski definition) is 0. The van der Waals surface area contributed by atoms with Crippen LogP contribution < -0.4 is 0 Å². The lowest BCUT2D eigenvalue weighted by molar-refractivity contribution is 0.0588. The van der Waals surface area contributed by atoms with E-state index >= 15 is 0 Å². The van der Waals surface area contributed by atoms with Crippen molar-refractivity contribution in [3.05, 3.63) is 59.0 Å². The highest BCUT2D eigenvalue weighted by molar-refractivity contribution is 7.89. The van der Waals surface area contributed by atoms with Gasteiger partial charge in [-0.25, -0.2) is 13.2 Å². The molecule has 1 aromatic carbocycles. The normalized spacial score (nSPS) is 12.8. The van der Waals surface area contributed by atoms with Crippen LogP contribution in [-0.4, -0.2) is 53.7 Å². The smallest absolute Gasteiger partial charge is 0.354 e. The quantitative estimate of drug-likeness (QED) is 0.367. The third kappa shape index (κ3) is 4.18. The molecule has 0 fully saturated rings. The molecule has 33 heavy (non-hydrogen) atoms. The van der Waals surface area contributed by atoms with Crippen molar-refractivity contribution in [3.63, 3.8) is 0 Å². The number of para-hydroxylation sites is 1. The number of benzene rings is 1. The van der Waals surface area contributed by atoms with Crippen molar-refractivity contribution in [2.24, 2.45) is 7.05 Å². The van der Waals surface area contributed by atoms with Crippen LogP contribution in [0.15, 0.2) is 41.4 Å². The van der Waals surface area contributed by atoms with Crippen LogP contribution in [0.3, 0.4) is 0 Å². The molecule has 1 unspecified atom stereocenters. The summed E-state index contributed by atoms with van der Waals surface area (Å²) in [4.78, 5) is 30.2. The van der Waals surface area contributed by atoms with Crippen molar-refractivity contribution in [1.29, 1.82) is 0 Å². The van der Waals surface area contributed by atoms with Crippen LogP contribution in [0.25, 0.3) is 10.9 Å². The summed E-state index contributed by atoms with van der Waals surface area (Å²) in [6, 6.07) is 7.53. The zero-order valence-electron chi connectivity index (χ0n) is 19.7. The molecule has 176 valence electrons. The summed E-state index contributed by atoms with van der Waals surface area (Å²) in [6.45, 7) is 7.00. The van der Waals surface area contributed by atoms with Gasteiger partial charge in [0.05, 0.1) is 18.7 Å². The highest BCUT2D eigenvalue weighted by Crippen LogP contribution is 2.29. The molecule has 0 saturated carbocycles. The van der Waals surface area contributed by atoms with E-state index in [0.29, 0.717) is 34.1 Å². The van der Waals surface area contributed by atoms with Crippen LogP contribution in [-0.2, 0) is 21.8 Å². The van der Waals surface area contributed by atoms with Crippen LogP contribution >= 0.6 is 0 Å². The number of pyridine rings is 1. The van der Waals surface area contributed by atoms with Crippen molar-refractivity contribution in [3.8, 4) is 0 Å². The molecule has 2 heterocycles. The molecule has 1 atom stereocenters. The van der Waals surface area contributed by atoms with Gasteiger partial charge in [0.1, 0.15) is 10.6 Å². The molecule has 0 N–H and O–H groups in total. The van der Waals surface area contributed by atoms with E-state index in [1.165, 1.54) is 17.5 Å². The Hall–Kier alpha value is -3.04. The Morgan fingerprint density at radius 3 is 2.48 bits per heavy atom. The topological polar surface area (TPSA) is 98.6 Å². The number of rotatable bonds is 8. The number of fused-ring (bicyclic) bond motifs is 1. The lowest BCUT2D eigenvalue weighted by atomic mass is 10.0. The van der Waals surface area contributed by atoms with Crippen molar-refractivity contribution in [2.45, 2.75) is 45.1 Å². The summed E-state index contributed by atoms with van der Waals surface area (Å²) in [5.41, 5.74) is 2.01. The molecule has 0 radical (unpaired) electrons. The predicted octanol–water partition coefficient (Wildman–Crippen LogP) is 3.65. The zero-order valence-corrected chi connectivity index (χ0v) is 20.6. The molecule has 0 spiro atoms.